The molecule has 1 aromatic heterocycles. The highest BCUT2D eigenvalue weighted by Gasteiger charge is 2.19. The summed E-state index contributed by atoms with van der Waals surface area (Å²) in [4.78, 5) is 24.7. The zero-order valence-electron chi connectivity index (χ0n) is 9.69. The number of aliphatic carboxylic acids is 2. The van der Waals surface area contributed by atoms with Crippen molar-refractivity contribution in [1.82, 2.24) is 4.98 Å². The molecule has 1 aliphatic rings. The Kier molecular flexibility index (Phi) is 5.06. The summed E-state index contributed by atoms with van der Waals surface area (Å²) in [6.45, 7) is 1.98. The molecule has 0 spiro atoms. The Labute approximate surface area is 104 Å². The summed E-state index contributed by atoms with van der Waals surface area (Å²) in [5.41, 5.74) is 5.79. The quantitative estimate of drug-likeness (QED) is 0.592. The van der Waals surface area contributed by atoms with E-state index in [-0.39, 0.29) is 0 Å². The Bertz CT molecular complexity index is 398. The average Bonchev–Trinajstić information content (AvgIpc) is 2.78. The second-order valence-corrected chi connectivity index (χ2v) is 3.79. The van der Waals surface area contributed by atoms with Gasteiger partial charge in [0.1, 0.15) is 5.82 Å². The molecule has 1 atom stereocenters. The molecule has 0 amide bonds. The summed E-state index contributed by atoms with van der Waals surface area (Å²) in [6, 6.07) is 6.29. The van der Waals surface area contributed by atoms with E-state index in [0.717, 1.165) is 25.3 Å². The van der Waals surface area contributed by atoms with E-state index in [0.29, 0.717) is 6.04 Å². The number of carbonyl (C=O) groups is 2. The number of anilines is 1. The zero-order valence-corrected chi connectivity index (χ0v) is 9.69. The lowest BCUT2D eigenvalue weighted by Crippen LogP contribution is -2.26. The molecule has 1 aromatic rings. The number of nitrogens with zero attached hydrogens (tertiary/aromatic N) is 2. The molecule has 2 rings (SSSR count). The summed E-state index contributed by atoms with van der Waals surface area (Å²) in [5.74, 6) is -2.60. The minimum Gasteiger partial charge on any atom is -0.473 e. The van der Waals surface area contributed by atoms with Crippen LogP contribution < -0.4 is 10.6 Å². The first-order valence-corrected chi connectivity index (χ1v) is 5.38. The first-order valence-electron chi connectivity index (χ1n) is 5.38. The smallest absolute Gasteiger partial charge is 0.414 e. The molecular weight excluding hydrogens is 238 g/mol. The largest absolute Gasteiger partial charge is 0.473 e. The molecule has 1 aliphatic heterocycles. The van der Waals surface area contributed by atoms with Crippen molar-refractivity contribution in [2.24, 2.45) is 5.73 Å². The highest BCUT2D eigenvalue weighted by Crippen LogP contribution is 2.15. The molecule has 1 fully saturated rings. The van der Waals surface area contributed by atoms with Gasteiger partial charge < -0.3 is 20.8 Å². The Hall–Kier alpha value is -2.15. The first kappa shape index (κ1) is 13.9. The minimum absolute atomic E-state index is 0.326. The molecule has 0 saturated carbocycles. The molecule has 0 radical (unpaired) electrons. The van der Waals surface area contributed by atoms with E-state index >= 15 is 0 Å². The van der Waals surface area contributed by atoms with Gasteiger partial charge in [0.2, 0.25) is 0 Å². The summed E-state index contributed by atoms with van der Waals surface area (Å²) in [6.07, 6.45) is 2.90. The second-order valence-electron chi connectivity index (χ2n) is 3.79. The molecule has 18 heavy (non-hydrogen) atoms. The van der Waals surface area contributed by atoms with Crippen LogP contribution in [0.25, 0.3) is 0 Å². The molecule has 1 saturated heterocycles. The number of nitrogens with two attached hydrogens (primary N) is 1. The average molecular weight is 253 g/mol. The van der Waals surface area contributed by atoms with Gasteiger partial charge in [-0.15, -0.1) is 0 Å². The van der Waals surface area contributed by atoms with E-state index in [2.05, 4.69) is 9.88 Å². The van der Waals surface area contributed by atoms with Gasteiger partial charge in [-0.2, -0.15) is 0 Å². The lowest BCUT2D eigenvalue weighted by atomic mass is 10.3. The van der Waals surface area contributed by atoms with Crippen molar-refractivity contribution in [1.29, 1.82) is 0 Å². The number of hydrogen-bond donors (Lipinski definition) is 3. The third-order valence-corrected chi connectivity index (χ3v) is 2.38. The molecule has 1 unspecified atom stereocenters. The van der Waals surface area contributed by atoms with Gasteiger partial charge in [0.25, 0.3) is 0 Å². The lowest BCUT2D eigenvalue weighted by molar-refractivity contribution is -0.159. The van der Waals surface area contributed by atoms with Crippen molar-refractivity contribution in [3.8, 4) is 0 Å². The van der Waals surface area contributed by atoms with Crippen molar-refractivity contribution >= 4 is 17.8 Å². The molecule has 0 aliphatic carbocycles. The number of carboxylic acids is 2. The van der Waals surface area contributed by atoms with Crippen LogP contribution in [0.2, 0.25) is 0 Å². The monoisotopic (exact) mass is 253 g/mol. The molecule has 0 bridgehead atoms. The van der Waals surface area contributed by atoms with E-state index in [1.54, 1.807) is 0 Å². The third kappa shape index (κ3) is 4.38. The standard InChI is InChI=1S/C9H13N3.C2H2O4/c10-8-4-6-12(7-8)9-3-1-2-5-11-9;3-1(4)2(5)6/h1-3,5,8H,4,6-7,10H2;(H,3,4)(H,5,6). The van der Waals surface area contributed by atoms with E-state index in [4.69, 9.17) is 25.5 Å². The summed E-state index contributed by atoms with van der Waals surface area (Å²) in [7, 11) is 0. The fraction of sp³-hybridized carbons (Fsp3) is 0.364. The second kappa shape index (κ2) is 6.55. The summed E-state index contributed by atoms with van der Waals surface area (Å²) in [5, 5.41) is 14.8. The van der Waals surface area contributed by atoms with Crippen LogP contribution in [0.5, 0.6) is 0 Å². The fourth-order valence-corrected chi connectivity index (χ4v) is 1.54. The van der Waals surface area contributed by atoms with Gasteiger partial charge in [0.05, 0.1) is 0 Å². The van der Waals surface area contributed by atoms with Crippen LogP contribution in [0.3, 0.4) is 0 Å². The van der Waals surface area contributed by atoms with Crippen LogP contribution in [0.4, 0.5) is 5.82 Å². The fourth-order valence-electron chi connectivity index (χ4n) is 1.54. The van der Waals surface area contributed by atoms with Gasteiger partial charge in [0.15, 0.2) is 0 Å². The first-order chi connectivity index (χ1) is 8.50. The topological polar surface area (TPSA) is 117 Å². The normalized spacial score (nSPS) is 17.8. The minimum atomic E-state index is -1.82. The van der Waals surface area contributed by atoms with Gasteiger partial charge in [0, 0.05) is 25.3 Å². The van der Waals surface area contributed by atoms with Crippen LogP contribution in [0, 0.1) is 0 Å². The lowest BCUT2D eigenvalue weighted by Gasteiger charge is -2.15. The van der Waals surface area contributed by atoms with Crippen molar-refractivity contribution < 1.29 is 19.8 Å². The number of aromatic nitrogens is 1. The van der Waals surface area contributed by atoms with E-state index in [9.17, 15) is 0 Å². The number of rotatable bonds is 1. The Balaban J connectivity index is 0.000000232. The van der Waals surface area contributed by atoms with E-state index in [1.807, 2.05) is 24.4 Å². The van der Waals surface area contributed by atoms with Gasteiger partial charge in [-0.05, 0) is 18.6 Å². The van der Waals surface area contributed by atoms with Gasteiger partial charge in [-0.3, -0.25) is 0 Å². The number of carboxylic acid groups (broad SMARTS) is 2. The maximum atomic E-state index is 9.10. The van der Waals surface area contributed by atoms with Crippen LogP contribution in [-0.2, 0) is 9.59 Å². The maximum absolute atomic E-state index is 9.10. The van der Waals surface area contributed by atoms with Crippen LogP contribution in [0.15, 0.2) is 24.4 Å². The molecule has 7 nitrogen and oxygen atoms in total. The molecule has 7 heteroatoms. The zero-order chi connectivity index (χ0) is 13.5. The van der Waals surface area contributed by atoms with E-state index < -0.39 is 11.9 Å². The van der Waals surface area contributed by atoms with Crippen LogP contribution in [0.1, 0.15) is 6.42 Å². The third-order valence-electron chi connectivity index (χ3n) is 2.38. The molecule has 2 heterocycles. The molecule has 4 N–H and O–H groups in total. The predicted molar refractivity (Wildman–Crippen MR) is 64.3 cm³/mol. The highest BCUT2D eigenvalue weighted by atomic mass is 16.4. The Morgan fingerprint density at radius 1 is 1.33 bits per heavy atom. The highest BCUT2D eigenvalue weighted by molar-refractivity contribution is 6.27. The Morgan fingerprint density at radius 2 is 2.00 bits per heavy atom. The molecular formula is C11H15N3O4. The van der Waals surface area contributed by atoms with Crippen molar-refractivity contribution in [3.05, 3.63) is 24.4 Å². The van der Waals surface area contributed by atoms with Crippen LogP contribution >= 0.6 is 0 Å². The van der Waals surface area contributed by atoms with Crippen molar-refractivity contribution in [2.75, 3.05) is 18.0 Å². The summed E-state index contributed by atoms with van der Waals surface area (Å²) < 4.78 is 0. The SMILES string of the molecule is NC1CCN(c2ccccn2)C1.O=C(O)C(=O)O. The van der Waals surface area contributed by atoms with Crippen LogP contribution in [-0.4, -0.2) is 46.3 Å². The number of hydrogen-bond acceptors (Lipinski definition) is 5. The molecule has 98 valence electrons. The molecule has 0 aromatic carbocycles. The maximum Gasteiger partial charge on any atom is 0.414 e. The predicted octanol–water partition coefficient (Wildman–Crippen LogP) is -0.225. The van der Waals surface area contributed by atoms with Crippen molar-refractivity contribution in [2.45, 2.75) is 12.5 Å². The van der Waals surface area contributed by atoms with Gasteiger partial charge in [-0.25, -0.2) is 14.6 Å². The summed E-state index contributed by atoms with van der Waals surface area (Å²) >= 11 is 0. The van der Waals surface area contributed by atoms with Gasteiger partial charge in [-0.1, -0.05) is 6.07 Å². The van der Waals surface area contributed by atoms with Crippen molar-refractivity contribution in [3.63, 3.8) is 0 Å². The van der Waals surface area contributed by atoms with Gasteiger partial charge >= 0.3 is 11.9 Å². The number of pyridine rings is 1. The Morgan fingerprint density at radius 3 is 2.39 bits per heavy atom. The van der Waals surface area contributed by atoms with E-state index in [1.165, 1.54) is 0 Å².